The van der Waals surface area contributed by atoms with Crippen molar-refractivity contribution in [2.24, 2.45) is 9.98 Å². The van der Waals surface area contributed by atoms with Gasteiger partial charge in [-0.15, -0.1) is 0 Å². The Bertz CT molecular complexity index is 1080. The summed E-state index contributed by atoms with van der Waals surface area (Å²) in [6, 6.07) is 12.6. The number of carbonyl (C=O) groups excluding carboxylic acids is 2. The summed E-state index contributed by atoms with van der Waals surface area (Å²) in [6.07, 6.45) is 1.55. The molecule has 6 nitrogen and oxygen atoms in total. The highest BCUT2D eigenvalue weighted by atomic mass is 35.5. The number of carbonyl (C=O) groups is 2. The first kappa shape index (κ1) is 20.6. The third kappa shape index (κ3) is 4.00. The van der Waals surface area contributed by atoms with Crippen LogP contribution in [0.1, 0.15) is 30.9 Å². The average molecular weight is 441 g/mol. The molecule has 0 bridgehead atoms. The summed E-state index contributed by atoms with van der Waals surface area (Å²) >= 11 is 7.26. The van der Waals surface area contributed by atoms with E-state index in [1.54, 1.807) is 17.0 Å². The number of thioether (sulfide) groups is 1. The SMILES string of the molecule is CCC[C@@H]1N=C2c3ccccc3N=C(SCC(=O)Nc3cc(Cl)ccc3C)N2C1=O. The molecule has 0 unspecified atom stereocenters. The zero-order chi connectivity index (χ0) is 21.3. The maximum Gasteiger partial charge on any atom is 0.259 e. The van der Waals surface area contributed by atoms with Gasteiger partial charge in [-0.25, -0.2) is 9.89 Å². The van der Waals surface area contributed by atoms with Gasteiger partial charge in [0.2, 0.25) is 5.91 Å². The van der Waals surface area contributed by atoms with Crippen LogP contribution in [-0.4, -0.2) is 39.5 Å². The van der Waals surface area contributed by atoms with Gasteiger partial charge in [0.15, 0.2) is 5.17 Å². The first-order valence-electron chi connectivity index (χ1n) is 9.76. The van der Waals surface area contributed by atoms with E-state index in [2.05, 4.69) is 15.3 Å². The van der Waals surface area contributed by atoms with Crippen molar-refractivity contribution in [2.75, 3.05) is 11.1 Å². The number of halogens is 1. The van der Waals surface area contributed by atoms with E-state index in [9.17, 15) is 9.59 Å². The number of aryl methyl sites for hydroxylation is 1. The number of aliphatic imine (C=N–C) groups is 2. The number of hydrogen-bond acceptors (Lipinski definition) is 5. The zero-order valence-electron chi connectivity index (χ0n) is 16.7. The van der Waals surface area contributed by atoms with Gasteiger partial charge in [-0.3, -0.25) is 14.6 Å². The first-order valence-corrected chi connectivity index (χ1v) is 11.1. The van der Waals surface area contributed by atoms with E-state index in [-0.39, 0.29) is 17.6 Å². The van der Waals surface area contributed by atoms with Gasteiger partial charge < -0.3 is 5.32 Å². The highest BCUT2D eigenvalue weighted by Crippen LogP contribution is 2.34. The van der Waals surface area contributed by atoms with Crippen molar-refractivity contribution in [3.63, 3.8) is 0 Å². The Morgan fingerprint density at radius 3 is 2.87 bits per heavy atom. The number of nitrogens with one attached hydrogen (secondary N) is 1. The fraction of sp³-hybridized carbons (Fsp3) is 0.273. The average Bonchev–Trinajstić information content (AvgIpc) is 3.06. The molecule has 0 radical (unpaired) electrons. The van der Waals surface area contributed by atoms with Crippen molar-refractivity contribution < 1.29 is 9.59 Å². The van der Waals surface area contributed by atoms with E-state index in [0.717, 1.165) is 23.2 Å². The summed E-state index contributed by atoms with van der Waals surface area (Å²) < 4.78 is 0. The lowest BCUT2D eigenvalue weighted by Gasteiger charge is -2.25. The minimum atomic E-state index is -0.398. The summed E-state index contributed by atoms with van der Waals surface area (Å²) in [6.45, 7) is 3.94. The van der Waals surface area contributed by atoms with Crippen molar-refractivity contribution in [1.29, 1.82) is 0 Å². The number of nitrogens with zero attached hydrogens (tertiary/aromatic N) is 3. The van der Waals surface area contributed by atoms with E-state index < -0.39 is 6.04 Å². The molecule has 0 fully saturated rings. The number of anilines is 1. The molecular formula is C22H21ClN4O2S. The third-order valence-electron chi connectivity index (χ3n) is 4.92. The maximum absolute atomic E-state index is 13.0. The predicted octanol–water partition coefficient (Wildman–Crippen LogP) is 4.78. The lowest BCUT2D eigenvalue weighted by Crippen LogP contribution is -2.41. The molecule has 2 aromatic carbocycles. The fourth-order valence-corrected chi connectivity index (χ4v) is 4.38. The molecule has 4 rings (SSSR count). The van der Waals surface area contributed by atoms with Crippen molar-refractivity contribution >= 4 is 57.6 Å². The van der Waals surface area contributed by atoms with Gasteiger partial charge in [0.05, 0.1) is 11.4 Å². The summed E-state index contributed by atoms with van der Waals surface area (Å²) in [7, 11) is 0. The Morgan fingerprint density at radius 1 is 1.27 bits per heavy atom. The summed E-state index contributed by atoms with van der Waals surface area (Å²) in [4.78, 5) is 36.4. The van der Waals surface area contributed by atoms with Crippen LogP contribution in [-0.2, 0) is 9.59 Å². The molecule has 1 atom stereocenters. The van der Waals surface area contributed by atoms with Crippen LogP contribution in [0, 0.1) is 6.92 Å². The Labute approximate surface area is 184 Å². The highest BCUT2D eigenvalue weighted by Gasteiger charge is 2.40. The second-order valence-electron chi connectivity index (χ2n) is 7.14. The van der Waals surface area contributed by atoms with Crippen LogP contribution in [0.3, 0.4) is 0 Å². The van der Waals surface area contributed by atoms with Crippen molar-refractivity contribution in [1.82, 2.24) is 4.90 Å². The van der Waals surface area contributed by atoms with Crippen LogP contribution < -0.4 is 5.32 Å². The molecule has 30 heavy (non-hydrogen) atoms. The van der Waals surface area contributed by atoms with Crippen LogP contribution >= 0.6 is 23.4 Å². The number of fused-ring (bicyclic) bond motifs is 3. The smallest absolute Gasteiger partial charge is 0.259 e. The largest absolute Gasteiger partial charge is 0.325 e. The highest BCUT2D eigenvalue weighted by molar-refractivity contribution is 8.14. The molecule has 1 N–H and O–H groups in total. The van der Waals surface area contributed by atoms with Crippen LogP contribution in [0.25, 0.3) is 0 Å². The Kier molecular flexibility index (Phi) is 5.92. The molecular weight excluding hydrogens is 420 g/mol. The molecule has 0 aromatic heterocycles. The van der Waals surface area contributed by atoms with Crippen LogP contribution in [0.5, 0.6) is 0 Å². The van der Waals surface area contributed by atoms with Crippen molar-refractivity contribution in [3.05, 3.63) is 58.6 Å². The third-order valence-corrected chi connectivity index (χ3v) is 6.09. The van der Waals surface area contributed by atoms with E-state index >= 15 is 0 Å². The molecule has 0 saturated carbocycles. The van der Waals surface area contributed by atoms with Gasteiger partial charge in [0.25, 0.3) is 5.91 Å². The predicted molar refractivity (Wildman–Crippen MR) is 123 cm³/mol. The van der Waals surface area contributed by atoms with Gasteiger partial charge in [-0.05, 0) is 43.2 Å². The quantitative estimate of drug-likeness (QED) is 0.727. The molecule has 2 amide bonds. The normalized spacial score (nSPS) is 17.2. The van der Waals surface area contributed by atoms with E-state index in [0.29, 0.717) is 28.1 Å². The maximum atomic E-state index is 13.0. The Balaban J connectivity index is 1.54. The van der Waals surface area contributed by atoms with Crippen LogP contribution in [0.2, 0.25) is 5.02 Å². The molecule has 0 spiro atoms. The lowest BCUT2D eigenvalue weighted by atomic mass is 10.1. The molecule has 2 aliphatic heterocycles. The van der Waals surface area contributed by atoms with Gasteiger partial charge in [-0.2, -0.15) is 0 Å². The minimum absolute atomic E-state index is 0.0845. The van der Waals surface area contributed by atoms with Gasteiger partial charge in [0, 0.05) is 16.3 Å². The fourth-order valence-electron chi connectivity index (χ4n) is 3.41. The van der Waals surface area contributed by atoms with Gasteiger partial charge in [0.1, 0.15) is 11.9 Å². The second kappa shape index (κ2) is 8.62. The molecule has 2 aromatic rings. The second-order valence-corrected chi connectivity index (χ2v) is 8.52. The molecule has 8 heteroatoms. The van der Waals surface area contributed by atoms with Crippen molar-refractivity contribution in [2.45, 2.75) is 32.7 Å². The molecule has 2 aliphatic rings. The topological polar surface area (TPSA) is 74.1 Å². The first-order chi connectivity index (χ1) is 14.5. The Morgan fingerprint density at radius 2 is 2.07 bits per heavy atom. The summed E-state index contributed by atoms with van der Waals surface area (Å²) in [5, 5.41) is 3.92. The summed E-state index contributed by atoms with van der Waals surface area (Å²) in [5.41, 5.74) is 3.19. The van der Waals surface area contributed by atoms with E-state index in [1.807, 2.05) is 44.2 Å². The number of rotatable bonds is 5. The van der Waals surface area contributed by atoms with E-state index in [1.165, 1.54) is 11.8 Å². The number of benzene rings is 2. The molecule has 2 heterocycles. The number of amides is 2. The number of hydrogen-bond donors (Lipinski definition) is 1. The zero-order valence-corrected chi connectivity index (χ0v) is 18.3. The van der Waals surface area contributed by atoms with Crippen LogP contribution in [0.15, 0.2) is 52.4 Å². The van der Waals surface area contributed by atoms with Gasteiger partial charge >= 0.3 is 0 Å². The molecule has 0 saturated heterocycles. The monoisotopic (exact) mass is 440 g/mol. The van der Waals surface area contributed by atoms with Crippen LogP contribution in [0.4, 0.5) is 11.4 Å². The number of amidine groups is 2. The van der Waals surface area contributed by atoms with E-state index in [4.69, 9.17) is 11.6 Å². The number of para-hydroxylation sites is 1. The minimum Gasteiger partial charge on any atom is -0.325 e. The molecule has 154 valence electrons. The lowest BCUT2D eigenvalue weighted by molar-refractivity contribution is -0.124. The van der Waals surface area contributed by atoms with Gasteiger partial charge in [-0.1, -0.05) is 54.9 Å². The Hall–Kier alpha value is -2.64. The molecule has 0 aliphatic carbocycles. The van der Waals surface area contributed by atoms with Crippen molar-refractivity contribution in [3.8, 4) is 0 Å². The standard InChI is InChI=1S/C22H21ClN4O2S/c1-3-6-17-21(29)27-20(25-17)15-7-4-5-8-16(15)26-22(27)30-12-19(28)24-18-11-14(23)10-9-13(18)2/h4-5,7-11,17H,3,6,12H2,1-2H3,(H,24,28)/t17-/m0/s1. The summed E-state index contributed by atoms with van der Waals surface area (Å²) in [5.74, 6) is 0.459.